The number of nitrogens with two attached hydrogens (primary N) is 4. The normalized spacial score (nSPS) is 10.4. The van der Waals surface area contributed by atoms with E-state index in [1.54, 1.807) is 36.4 Å². The first-order chi connectivity index (χ1) is 13.4. The van der Waals surface area contributed by atoms with Crippen LogP contribution in [0.1, 0.15) is 20.7 Å². The molecule has 0 heterocycles. The smallest absolute Gasteiger partial charge is 0.265 e. The molecule has 0 saturated carbocycles. The lowest BCUT2D eigenvalue weighted by Crippen LogP contribution is -2.30. The van der Waals surface area contributed by atoms with Crippen molar-refractivity contribution in [2.45, 2.75) is 0 Å². The first-order valence-corrected chi connectivity index (χ1v) is 8.36. The summed E-state index contributed by atoms with van der Waals surface area (Å²) in [6, 6.07) is 17.2. The minimum absolute atomic E-state index is 0.376. The molecule has 2 amide bonds. The van der Waals surface area contributed by atoms with Crippen LogP contribution in [0.5, 0.6) is 0 Å². The number of nitrogen functional groups attached to an aromatic ring is 4. The summed E-state index contributed by atoms with van der Waals surface area (Å²) in [5.74, 6) is 9.71. The van der Waals surface area contributed by atoms with Gasteiger partial charge >= 0.3 is 0 Å². The van der Waals surface area contributed by atoms with Crippen molar-refractivity contribution in [2.75, 3.05) is 11.5 Å². The molecule has 0 saturated heterocycles. The summed E-state index contributed by atoms with van der Waals surface area (Å²) in [6.07, 6.45) is 0. The van der Waals surface area contributed by atoms with Crippen LogP contribution in [0, 0.1) is 0 Å². The van der Waals surface area contributed by atoms with Gasteiger partial charge in [-0.3, -0.25) is 20.4 Å². The van der Waals surface area contributed by atoms with Crippen molar-refractivity contribution in [1.29, 1.82) is 0 Å². The molecule has 8 nitrogen and oxygen atoms in total. The van der Waals surface area contributed by atoms with Gasteiger partial charge in [0.05, 0.1) is 0 Å². The van der Waals surface area contributed by atoms with E-state index in [2.05, 4.69) is 10.9 Å². The van der Waals surface area contributed by atoms with Gasteiger partial charge in [-0.15, -0.1) is 0 Å². The van der Waals surface area contributed by atoms with E-state index in [9.17, 15) is 9.59 Å². The predicted molar refractivity (Wildman–Crippen MR) is 109 cm³/mol. The lowest BCUT2D eigenvalue weighted by Gasteiger charge is -2.13. The van der Waals surface area contributed by atoms with Gasteiger partial charge < -0.3 is 11.5 Å². The number of carbonyl (C=O) groups excluding carboxylic acids is 2. The summed E-state index contributed by atoms with van der Waals surface area (Å²) in [6.45, 7) is 0. The predicted octanol–water partition coefficient (Wildman–Crippen LogP) is 1.39. The van der Waals surface area contributed by atoms with Crippen LogP contribution in [0.4, 0.5) is 11.4 Å². The summed E-state index contributed by atoms with van der Waals surface area (Å²) in [7, 11) is 0. The lowest BCUT2D eigenvalue weighted by atomic mass is 9.93. The Labute approximate surface area is 161 Å². The zero-order chi connectivity index (χ0) is 20.3. The van der Waals surface area contributed by atoms with Crippen LogP contribution < -0.4 is 34.0 Å². The highest BCUT2D eigenvalue weighted by atomic mass is 16.2. The summed E-state index contributed by atoms with van der Waals surface area (Å²) in [5, 5.41) is 0. The van der Waals surface area contributed by atoms with Gasteiger partial charge in [0.25, 0.3) is 11.8 Å². The van der Waals surface area contributed by atoms with E-state index in [1.165, 1.54) is 0 Å². The van der Waals surface area contributed by atoms with Gasteiger partial charge in [-0.25, -0.2) is 11.7 Å². The average Bonchev–Trinajstić information content (AvgIpc) is 2.72. The number of nitrogens with one attached hydrogen (secondary N) is 2. The Morgan fingerprint density at radius 3 is 1.46 bits per heavy atom. The van der Waals surface area contributed by atoms with Crippen molar-refractivity contribution in [3.05, 3.63) is 71.8 Å². The first-order valence-electron chi connectivity index (χ1n) is 8.36. The second-order valence-corrected chi connectivity index (χ2v) is 6.14. The molecule has 0 unspecified atom stereocenters. The monoisotopic (exact) mass is 376 g/mol. The fourth-order valence-electron chi connectivity index (χ4n) is 3.01. The molecular weight excluding hydrogens is 356 g/mol. The minimum Gasteiger partial charge on any atom is -0.399 e. The third kappa shape index (κ3) is 3.63. The summed E-state index contributed by atoms with van der Waals surface area (Å²) < 4.78 is 0. The number of hydrogen-bond acceptors (Lipinski definition) is 6. The summed E-state index contributed by atoms with van der Waals surface area (Å²) >= 11 is 0. The molecule has 3 aromatic rings. The number of carbonyl (C=O) groups is 2. The molecule has 3 aromatic carbocycles. The topological polar surface area (TPSA) is 162 Å². The van der Waals surface area contributed by atoms with Crippen molar-refractivity contribution in [2.24, 2.45) is 11.7 Å². The maximum atomic E-state index is 12.1. The van der Waals surface area contributed by atoms with Gasteiger partial charge in [-0.2, -0.15) is 0 Å². The molecule has 0 aliphatic rings. The van der Waals surface area contributed by atoms with Crippen LogP contribution in [-0.4, -0.2) is 11.8 Å². The van der Waals surface area contributed by atoms with Crippen molar-refractivity contribution < 1.29 is 9.59 Å². The molecule has 0 bridgehead atoms. The molecular formula is C20H20N6O2. The largest absolute Gasteiger partial charge is 0.399 e. The van der Waals surface area contributed by atoms with Gasteiger partial charge in [-0.1, -0.05) is 18.2 Å². The molecule has 0 radical (unpaired) electrons. The Balaban J connectivity index is 2.19. The SMILES string of the molecule is NNC(=O)c1ccc(N)cc1-c1cccc(-c2cc(N)ccc2C(=O)NN)c1. The third-order valence-corrected chi connectivity index (χ3v) is 4.32. The van der Waals surface area contributed by atoms with Gasteiger partial charge in [-0.05, 0) is 64.7 Å². The highest BCUT2D eigenvalue weighted by molar-refractivity contribution is 6.03. The van der Waals surface area contributed by atoms with Crippen LogP contribution in [0.2, 0.25) is 0 Å². The second kappa shape index (κ2) is 7.78. The molecule has 0 aromatic heterocycles. The maximum absolute atomic E-state index is 12.1. The highest BCUT2D eigenvalue weighted by Crippen LogP contribution is 2.32. The first kappa shape index (κ1) is 18.9. The molecule has 3 rings (SSSR count). The lowest BCUT2D eigenvalue weighted by molar-refractivity contribution is 0.0946. The van der Waals surface area contributed by atoms with Gasteiger partial charge in [0.2, 0.25) is 0 Å². The van der Waals surface area contributed by atoms with E-state index in [4.69, 9.17) is 23.2 Å². The van der Waals surface area contributed by atoms with E-state index in [-0.39, 0.29) is 0 Å². The van der Waals surface area contributed by atoms with Crippen molar-refractivity contribution in [3.63, 3.8) is 0 Å². The van der Waals surface area contributed by atoms with Gasteiger partial charge in [0, 0.05) is 22.5 Å². The molecule has 0 atom stereocenters. The van der Waals surface area contributed by atoms with Gasteiger partial charge in [0.1, 0.15) is 0 Å². The number of anilines is 2. The van der Waals surface area contributed by atoms with Crippen LogP contribution in [0.15, 0.2) is 60.7 Å². The second-order valence-electron chi connectivity index (χ2n) is 6.14. The maximum Gasteiger partial charge on any atom is 0.265 e. The Kier molecular flexibility index (Phi) is 5.25. The quantitative estimate of drug-likeness (QED) is 0.174. The third-order valence-electron chi connectivity index (χ3n) is 4.32. The van der Waals surface area contributed by atoms with E-state index in [1.807, 2.05) is 24.3 Å². The average molecular weight is 376 g/mol. The Morgan fingerprint density at radius 1 is 0.643 bits per heavy atom. The summed E-state index contributed by atoms with van der Waals surface area (Å²) in [4.78, 5) is 24.3. The van der Waals surface area contributed by atoms with E-state index in [0.717, 1.165) is 11.1 Å². The number of hydrazine groups is 2. The molecule has 0 fully saturated rings. The highest BCUT2D eigenvalue weighted by Gasteiger charge is 2.16. The molecule has 0 aliphatic heterocycles. The van der Waals surface area contributed by atoms with Crippen LogP contribution >= 0.6 is 0 Å². The minimum atomic E-state index is -0.437. The molecule has 8 heteroatoms. The standard InChI is InChI=1S/C20H20N6O2/c21-13-4-6-15(19(27)25-23)17(9-13)11-2-1-3-12(8-11)18-10-14(22)5-7-16(18)20(28)26-24/h1-10H,21-24H2,(H,25,27)(H,26,28). The van der Waals surface area contributed by atoms with Crippen molar-refractivity contribution in [3.8, 4) is 22.3 Å². The molecule has 10 N–H and O–H groups in total. The Bertz CT molecular complexity index is 984. The van der Waals surface area contributed by atoms with Crippen LogP contribution in [0.3, 0.4) is 0 Å². The van der Waals surface area contributed by atoms with E-state index < -0.39 is 11.8 Å². The Morgan fingerprint density at radius 2 is 1.07 bits per heavy atom. The number of rotatable bonds is 4. The number of hydrogen-bond donors (Lipinski definition) is 6. The van der Waals surface area contributed by atoms with Crippen LogP contribution in [-0.2, 0) is 0 Å². The Hall–Kier alpha value is -3.88. The van der Waals surface area contributed by atoms with Crippen molar-refractivity contribution >= 4 is 23.2 Å². The van der Waals surface area contributed by atoms with E-state index in [0.29, 0.717) is 33.6 Å². The van der Waals surface area contributed by atoms with E-state index >= 15 is 0 Å². The fourth-order valence-corrected chi connectivity index (χ4v) is 3.01. The fraction of sp³-hybridized carbons (Fsp3) is 0. The number of benzene rings is 3. The zero-order valence-electron chi connectivity index (χ0n) is 14.9. The molecule has 0 spiro atoms. The molecule has 28 heavy (non-hydrogen) atoms. The van der Waals surface area contributed by atoms with Gasteiger partial charge in [0.15, 0.2) is 0 Å². The van der Waals surface area contributed by atoms with Crippen molar-refractivity contribution in [1.82, 2.24) is 10.9 Å². The van der Waals surface area contributed by atoms with Crippen LogP contribution in [0.25, 0.3) is 22.3 Å². The molecule has 0 aliphatic carbocycles. The zero-order valence-corrected chi connectivity index (χ0v) is 14.9. The molecule has 142 valence electrons. The number of amides is 2. The summed E-state index contributed by atoms with van der Waals surface area (Å²) in [5.41, 5.74) is 20.5.